The van der Waals surface area contributed by atoms with E-state index in [1.54, 1.807) is 0 Å². The topological polar surface area (TPSA) is 81.7 Å². The van der Waals surface area contributed by atoms with Crippen molar-refractivity contribution in [2.75, 3.05) is 25.5 Å². The molecule has 2 rings (SSSR count). The molecule has 6 nitrogen and oxygen atoms in total. The highest BCUT2D eigenvalue weighted by atomic mass is 16.3. The van der Waals surface area contributed by atoms with Crippen molar-refractivity contribution in [3.63, 3.8) is 0 Å². The summed E-state index contributed by atoms with van der Waals surface area (Å²) in [5.41, 5.74) is 1.93. The van der Waals surface area contributed by atoms with Crippen molar-refractivity contribution >= 4 is 17.5 Å². The zero-order valence-electron chi connectivity index (χ0n) is 14.4. The number of anilines is 1. The molecule has 24 heavy (non-hydrogen) atoms. The number of likely N-dealkylation sites (tertiary alicyclic amines) is 1. The van der Waals surface area contributed by atoms with Gasteiger partial charge in [0.2, 0.25) is 11.8 Å². The maximum absolute atomic E-state index is 12.0. The average molecular weight is 333 g/mol. The molecule has 0 saturated carbocycles. The molecule has 2 atom stereocenters. The molecule has 1 heterocycles. The van der Waals surface area contributed by atoms with Crippen molar-refractivity contribution in [3.8, 4) is 0 Å². The lowest BCUT2D eigenvalue weighted by Gasteiger charge is -2.15. The van der Waals surface area contributed by atoms with Crippen LogP contribution in [0.15, 0.2) is 24.3 Å². The van der Waals surface area contributed by atoms with Gasteiger partial charge in [-0.05, 0) is 37.6 Å². The van der Waals surface area contributed by atoms with E-state index in [2.05, 4.69) is 17.6 Å². The number of carbonyl (C=O) groups is 2. The van der Waals surface area contributed by atoms with Gasteiger partial charge in [0, 0.05) is 37.2 Å². The lowest BCUT2D eigenvalue weighted by atomic mass is 10.1. The molecule has 6 heteroatoms. The van der Waals surface area contributed by atoms with E-state index >= 15 is 0 Å². The summed E-state index contributed by atoms with van der Waals surface area (Å²) in [7, 11) is 1.94. The summed E-state index contributed by atoms with van der Waals surface area (Å²) >= 11 is 0. The summed E-state index contributed by atoms with van der Waals surface area (Å²) < 4.78 is 0. The van der Waals surface area contributed by atoms with Crippen LogP contribution in [-0.4, -0.2) is 54.1 Å². The number of amides is 2. The van der Waals surface area contributed by atoms with E-state index in [0.29, 0.717) is 0 Å². The van der Waals surface area contributed by atoms with Gasteiger partial charge in [-0.15, -0.1) is 0 Å². The molecular formula is C18H27N3O3. The number of aryl methyl sites for hydroxylation is 1. The zero-order chi connectivity index (χ0) is 17.5. The zero-order valence-corrected chi connectivity index (χ0v) is 14.4. The Hall–Kier alpha value is -1.92. The molecule has 1 aromatic rings. The lowest BCUT2D eigenvalue weighted by Crippen LogP contribution is -2.36. The number of likely N-dealkylation sites (N-methyl/N-ethyl adjacent to an activating group) is 1. The highest BCUT2D eigenvalue weighted by molar-refractivity contribution is 5.93. The summed E-state index contributed by atoms with van der Waals surface area (Å²) in [6, 6.07) is 7.87. The minimum Gasteiger partial charge on any atom is -0.395 e. The van der Waals surface area contributed by atoms with Crippen LogP contribution in [0.4, 0.5) is 5.69 Å². The van der Waals surface area contributed by atoms with Crippen molar-refractivity contribution in [1.82, 2.24) is 10.2 Å². The van der Waals surface area contributed by atoms with Gasteiger partial charge < -0.3 is 15.7 Å². The van der Waals surface area contributed by atoms with Crippen LogP contribution >= 0.6 is 0 Å². The van der Waals surface area contributed by atoms with Gasteiger partial charge in [0.05, 0.1) is 6.61 Å². The fourth-order valence-electron chi connectivity index (χ4n) is 3.02. The van der Waals surface area contributed by atoms with Crippen molar-refractivity contribution in [3.05, 3.63) is 29.8 Å². The highest BCUT2D eigenvalue weighted by Crippen LogP contribution is 2.15. The molecule has 1 aliphatic rings. The molecule has 2 amide bonds. The molecular weight excluding hydrogens is 306 g/mol. The van der Waals surface area contributed by atoms with Crippen LogP contribution in [0, 0.1) is 0 Å². The summed E-state index contributed by atoms with van der Waals surface area (Å²) in [5.74, 6) is -0.278. The van der Waals surface area contributed by atoms with Crippen LogP contribution < -0.4 is 10.6 Å². The second kappa shape index (κ2) is 8.80. The smallest absolute Gasteiger partial charge is 0.224 e. The van der Waals surface area contributed by atoms with Gasteiger partial charge in [0.15, 0.2) is 0 Å². The fourth-order valence-corrected chi connectivity index (χ4v) is 3.02. The first-order valence-corrected chi connectivity index (χ1v) is 8.51. The van der Waals surface area contributed by atoms with E-state index in [-0.39, 0.29) is 43.3 Å². The third-order valence-electron chi connectivity index (χ3n) is 4.46. The van der Waals surface area contributed by atoms with Gasteiger partial charge in [-0.2, -0.15) is 0 Å². The van der Waals surface area contributed by atoms with Crippen LogP contribution in [0.25, 0.3) is 0 Å². The molecule has 0 aromatic heterocycles. The third kappa shape index (κ3) is 5.32. The predicted octanol–water partition coefficient (Wildman–Crippen LogP) is 1.15. The van der Waals surface area contributed by atoms with Crippen LogP contribution in [0.3, 0.4) is 0 Å². The molecule has 0 aliphatic carbocycles. The van der Waals surface area contributed by atoms with Crippen LogP contribution in [0.2, 0.25) is 0 Å². The van der Waals surface area contributed by atoms with Gasteiger partial charge in [-0.3, -0.25) is 14.5 Å². The monoisotopic (exact) mass is 333 g/mol. The van der Waals surface area contributed by atoms with E-state index in [0.717, 1.165) is 30.6 Å². The average Bonchev–Trinajstić information content (AvgIpc) is 2.92. The second-order valence-electron chi connectivity index (χ2n) is 6.38. The maximum Gasteiger partial charge on any atom is 0.224 e. The molecule has 1 fully saturated rings. The number of hydrogen-bond donors (Lipinski definition) is 3. The number of aliphatic hydroxyl groups excluding tert-OH is 1. The number of rotatable bonds is 7. The number of benzene rings is 1. The Bertz CT molecular complexity index is 576. The third-order valence-corrected chi connectivity index (χ3v) is 4.46. The number of hydrogen-bond acceptors (Lipinski definition) is 4. The van der Waals surface area contributed by atoms with Crippen LogP contribution in [0.1, 0.15) is 31.7 Å². The fraction of sp³-hybridized carbons (Fsp3) is 0.556. The van der Waals surface area contributed by atoms with E-state index < -0.39 is 0 Å². The SMILES string of the molecule is CCc1cccc(NC(=O)CCC(=O)N[C@@H]2C[C@@H](CO)N(C)C2)c1. The highest BCUT2D eigenvalue weighted by Gasteiger charge is 2.29. The first-order valence-electron chi connectivity index (χ1n) is 8.51. The molecule has 1 aromatic carbocycles. The normalized spacial score (nSPS) is 20.8. The summed E-state index contributed by atoms with van der Waals surface area (Å²) in [6.45, 7) is 2.89. The van der Waals surface area contributed by atoms with Crippen molar-refractivity contribution in [1.29, 1.82) is 0 Å². The Morgan fingerprint density at radius 3 is 2.71 bits per heavy atom. The van der Waals surface area contributed by atoms with Gasteiger partial charge in [-0.25, -0.2) is 0 Å². The van der Waals surface area contributed by atoms with Gasteiger partial charge in [0.25, 0.3) is 0 Å². The second-order valence-corrected chi connectivity index (χ2v) is 6.38. The van der Waals surface area contributed by atoms with E-state index in [4.69, 9.17) is 0 Å². The van der Waals surface area contributed by atoms with Gasteiger partial charge >= 0.3 is 0 Å². The number of nitrogens with zero attached hydrogens (tertiary/aromatic N) is 1. The van der Waals surface area contributed by atoms with Crippen molar-refractivity contribution in [2.24, 2.45) is 0 Å². The number of aliphatic hydroxyl groups is 1. The van der Waals surface area contributed by atoms with E-state index in [1.165, 1.54) is 0 Å². The molecule has 0 bridgehead atoms. The van der Waals surface area contributed by atoms with Crippen molar-refractivity contribution in [2.45, 2.75) is 44.7 Å². The molecule has 1 aliphatic heterocycles. The Labute approximate surface area is 143 Å². The maximum atomic E-state index is 12.0. The largest absolute Gasteiger partial charge is 0.395 e. The number of carbonyl (C=O) groups excluding carboxylic acids is 2. The summed E-state index contributed by atoms with van der Waals surface area (Å²) in [4.78, 5) is 26.0. The van der Waals surface area contributed by atoms with E-state index in [1.807, 2.05) is 36.2 Å². The standard InChI is InChI=1S/C18H27N3O3/c1-3-13-5-4-6-14(9-13)19-17(23)7-8-18(24)20-15-10-16(12-22)21(2)11-15/h4-6,9,15-16,22H,3,7-8,10-12H2,1-2H3,(H,19,23)(H,20,24)/t15-,16+/m1/s1. The molecule has 0 spiro atoms. The summed E-state index contributed by atoms with van der Waals surface area (Å²) in [6.07, 6.45) is 1.99. The van der Waals surface area contributed by atoms with Crippen molar-refractivity contribution < 1.29 is 14.7 Å². The molecule has 3 N–H and O–H groups in total. The Morgan fingerprint density at radius 1 is 1.29 bits per heavy atom. The molecule has 132 valence electrons. The van der Waals surface area contributed by atoms with Gasteiger partial charge in [-0.1, -0.05) is 19.1 Å². The van der Waals surface area contributed by atoms with Gasteiger partial charge in [0.1, 0.15) is 0 Å². The molecule has 0 radical (unpaired) electrons. The van der Waals surface area contributed by atoms with Crippen LogP contribution in [-0.2, 0) is 16.0 Å². The minimum absolute atomic E-state index is 0.0453. The van der Waals surface area contributed by atoms with E-state index in [9.17, 15) is 14.7 Å². The quantitative estimate of drug-likeness (QED) is 0.699. The van der Waals surface area contributed by atoms with Crippen LogP contribution in [0.5, 0.6) is 0 Å². The molecule has 1 saturated heterocycles. The Balaban J connectivity index is 1.72. The molecule has 0 unspecified atom stereocenters. The summed E-state index contributed by atoms with van der Waals surface area (Å²) in [5, 5.41) is 15.0. The Morgan fingerprint density at radius 2 is 2.04 bits per heavy atom. The first kappa shape index (κ1) is 18.4. The predicted molar refractivity (Wildman–Crippen MR) is 93.7 cm³/mol. The number of nitrogens with one attached hydrogen (secondary N) is 2. The first-order chi connectivity index (χ1) is 11.5. The lowest BCUT2D eigenvalue weighted by molar-refractivity contribution is -0.124. The minimum atomic E-state index is -0.157. The Kier molecular flexibility index (Phi) is 6.75.